The minimum absolute atomic E-state index is 0.0375. The second-order valence-electron chi connectivity index (χ2n) is 8.63. The van der Waals surface area contributed by atoms with Crippen LogP contribution in [0.3, 0.4) is 0 Å². The molecule has 6 nitrogen and oxygen atoms in total. The first kappa shape index (κ1) is 23.6. The highest BCUT2D eigenvalue weighted by Crippen LogP contribution is 2.31. The van der Waals surface area contributed by atoms with Crippen LogP contribution in [-0.2, 0) is 9.53 Å². The molecule has 0 radical (unpaired) electrons. The van der Waals surface area contributed by atoms with Crippen molar-refractivity contribution in [1.29, 1.82) is 0 Å². The molecule has 0 bridgehead atoms. The zero-order valence-corrected chi connectivity index (χ0v) is 19.2. The third-order valence-corrected chi connectivity index (χ3v) is 6.55. The summed E-state index contributed by atoms with van der Waals surface area (Å²) in [6.45, 7) is 4.70. The van der Waals surface area contributed by atoms with Crippen molar-refractivity contribution in [2.24, 2.45) is 0 Å². The summed E-state index contributed by atoms with van der Waals surface area (Å²) in [6, 6.07) is 7.63. The van der Waals surface area contributed by atoms with E-state index in [0.29, 0.717) is 30.9 Å². The van der Waals surface area contributed by atoms with E-state index in [0.717, 1.165) is 64.5 Å². The molecule has 0 unspecified atom stereocenters. The van der Waals surface area contributed by atoms with Gasteiger partial charge in [0, 0.05) is 26.7 Å². The number of rotatable bonds is 4. The Balaban J connectivity index is 1.90. The molecule has 1 aliphatic carbocycles. The van der Waals surface area contributed by atoms with Crippen molar-refractivity contribution in [3.63, 3.8) is 0 Å². The summed E-state index contributed by atoms with van der Waals surface area (Å²) in [5.74, 6) is 0.829. The van der Waals surface area contributed by atoms with Gasteiger partial charge in [0.05, 0.1) is 24.6 Å². The molecule has 0 N–H and O–H groups in total. The van der Waals surface area contributed by atoms with Gasteiger partial charge in [0.15, 0.2) is 0 Å². The van der Waals surface area contributed by atoms with Crippen LogP contribution in [0.15, 0.2) is 24.3 Å². The second kappa shape index (κ2) is 12.1. The first-order valence-corrected chi connectivity index (χ1v) is 12.0. The standard InChI is InChI=1S/C25H38N2O4/c1-3-26-17-10-4-5-11-18-27(24(28)16-19-30-2)21-13-7-9-15-23(21)31-22-14-8-6-12-20(22)25(26)29/h6,8,12,14,21,23H,3-5,7,9-11,13,15-19H2,1-2H3/t21-,23+/m1/s1. The number of carbonyl (C=O) groups is 2. The van der Waals surface area contributed by atoms with Crippen LogP contribution >= 0.6 is 0 Å². The summed E-state index contributed by atoms with van der Waals surface area (Å²) in [4.78, 5) is 30.3. The molecule has 6 heteroatoms. The van der Waals surface area contributed by atoms with E-state index < -0.39 is 0 Å². The van der Waals surface area contributed by atoms with Gasteiger partial charge in [0.2, 0.25) is 5.91 Å². The van der Waals surface area contributed by atoms with Gasteiger partial charge in [-0.25, -0.2) is 0 Å². The van der Waals surface area contributed by atoms with E-state index >= 15 is 0 Å². The van der Waals surface area contributed by atoms with Crippen molar-refractivity contribution in [3.05, 3.63) is 29.8 Å². The van der Waals surface area contributed by atoms with Gasteiger partial charge in [-0.05, 0) is 51.2 Å². The lowest BCUT2D eigenvalue weighted by molar-refractivity contribution is -0.137. The fraction of sp³-hybridized carbons (Fsp3) is 0.680. The van der Waals surface area contributed by atoms with Crippen LogP contribution < -0.4 is 4.74 Å². The zero-order chi connectivity index (χ0) is 22.1. The van der Waals surface area contributed by atoms with Gasteiger partial charge in [-0.3, -0.25) is 9.59 Å². The fourth-order valence-electron chi connectivity index (χ4n) is 4.80. The highest BCUT2D eigenvalue weighted by atomic mass is 16.5. The number of ether oxygens (including phenoxy) is 2. The molecule has 1 aliphatic heterocycles. The molecule has 1 aromatic rings. The number of hydrogen-bond acceptors (Lipinski definition) is 4. The third kappa shape index (κ3) is 6.22. The first-order valence-electron chi connectivity index (χ1n) is 12.0. The molecule has 31 heavy (non-hydrogen) atoms. The molecule has 2 atom stereocenters. The molecule has 2 aliphatic rings. The summed E-state index contributed by atoms with van der Waals surface area (Å²) in [7, 11) is 1.64. The maximum atomic E-state index is 13.3. The van der Waals surface area contributed by atoms with E-state index in [4.69, 9.17) is 9.47 Å². The normalized spacial score (nSPS) is 23.4. The van der Waals surface area contributed by atoms with Crippen LogP contribution in [0, 0.1) is 0 Å². The number of fused-ring (bicyclic) bond motifs is 2. The van der Waals surface area contributed by atoms with Crippen molar-refractivity contribution < 1.29 is 19.1 Å². The Labute approximate surface area is 186 Å². The number of methoxy groups -OCH3 is 1. The summed E-state index contributed by atoms with van der Waals surface area (Å²) in [5.41, 5.74) is 0.628. The zero-order valence-electron chi connectivity index (χ0n) is 19.2. The van der Waals surface area contributed by atoms with E-state index in [1.165, 1.54) is 0 Å². The highest BCUT2D eigenvalue weighted by Gasteiger charge is 2.35. The van der Waals surface area contributed by atoms with E-state index in [2.05, 4.69) is 4.90 Å². The summed E-state index contributed by atoms with van der Waals surface area (Å²) < 4.78 is 11.7. The average molecular weight is 431 g/mol. The maximum Gasteiger partial charge on any atom is 0.257 e. The lowest BCUT2D eigenvalue weighted by Crippen LogP contribution is -2.51. The maximum absolute atomic E-state index is 13.3. The number of benzene rings is 1. The van der Waals surface area contributed by atoms with E-state index in [-0.39, 0.29) is 24.0 Å². The van der Waals surface area contributed by atoms with Crippen LogP contribution in [0.1, 0.15) is 75.1 Å². The molecule has 1 fully saturated rings. The summed E-state index contributed by atoms with van der Waals surface area (Å²) in [6.07, 6.45) is 8.43. The van der Waals surface area contributed by atoms with E-state index in [1.54, 1.807) is 7.11 Å². The van der Waals surface area contributed by atoms with Gasteiger partial charge in [-0.2, -0.15) is 0 Å². The lowest BCUT2D eigenvalue weighted by Gasteiger charge is -2.40. The average Bonchev–Trinajstić information content (AvgIpc) is 2.79. The second-order valence-corrected chi connectivity index (χ2v) is 8.63. The fourth-order valence-corrected chi connectivity index (χ4v) is 4.80. The number of hydrogen-bond donors (Lipinski definition) is 0. The van der Waals surface area contributed by atoms with Crippen molar-refractivity contribution in [2.75, 3.05) is 33.4 Å². The Kier molecular flexibility index (Phi) is 9.19. The highest BCUT2D eigenvalue weighted by molar-refractivity contribution is 5.97. The predicted molar refractivity (Wildman–Crippen MR) is 121 cm³/mol. The molecule has 0 spiro atoms. The molecule has 1 aromatic carbocycles. The first-order chi connectivity index (χ1) is 15.2. The monoisotopic (exact) mass is 430 g/mol. The van der Waals surface area contributed by atoms with Gasteiger partial charge in [-0.1, -0.05) is 31.4 Å². The number of para-hydroxylation sites is 1. The van der Waals surface area contributed by atoms with Gasteiger partial charge in [0.1, 0.15) is 11.9 Å². The van der Waals surface area contributed by atoms with Crippen LogP contribution in [0.4, 0.5) is 0 Å². The Hall–Kier alpha value is -2.08. The lowest BCUT2D eigenvalue weighted by atomic mass is 9.90. The summed E-state index contributed by atoms with van der Waals surface area (Å²) in [5, 5.41) is 0. The molecular weight excluding hydrogens is 392 g/mol. The topological polar surface area (TPSA) is 59.1 Å². The van der Waals surface area contributed by atoms with Crippen molar-refractivity contribution in [1.82, 2.24) is 9.80 Å². The van der Waals surface area contributed by atoms with Crippen LogP contribution in [-0.4, -0.2) is 67.1 Å². The molecule has 0 aromatic heterocycles. The van der Waals surface area contributed by atoms with Gasteiger partial charge in [0.25, 0.3) is 5.91 Å². The Morgan fingerprint density at radius 3 is 2.58 bits per heavy atom. The minimum atomic E-state index is -0.0905. The van der Waals surface area contributed by atoms with Crippen LogP contribution in [0.25, 0.3) is 0 Å². The SMILES string of the molecule is CCN1CCCCCCN(C(=O)CCOC)[C@@H]2CCCC[C@@H]2Oc2ccccc2C1=O. The quantitative estimate of drug-likeness (QED) is 0.715. The smallest absolute Gasteiger partial charge is 0.257 e. The van der Waals surface area contributed by atoms with E-state index in [9.17, 15) is 9.59 Å². The van der Waals surface area contributed by atoms with Gasteiger partial charge < -0.3 is 19.3 Å². The molecule has 2 amide bonds. The molecule has 172 valence electrons. The van der Waals surface area contributed by atoms with Crippen molar-refractivity contribution >= 4 is 11.8 Å². The molecule has 1 saturated carbocycles. The molecule has 3 rings (SSSR count). The van der Waals surface area contributed by atoms with Crippen LogP contribution in [0.2, 0.25) is 0 Å². The number of nitrogens with zero attached hydrogens (tertiary/aromatic N) is 2. The third-order valence-electron chi connectivity index (χ3n) is 6.55. The molecule has 1 heterocycles. The Morgan fingerprint density at radius 1 is 1.06 bits per heavy atom. The molecule has 0 saturated heterocycles. The predicted octanol–water partition coefficient (Wildman–Crippen LogP) is 4.28. The number of amides is 2. The largest absolute Gasteiger partial charge is 0.487 e. The van der Waals surface area contributed by atoms with Crippen molar-refractivity contribution in [2.45, 2.75) is 76.9 Å². The Morgan fingerprint density at radius 2 is 1.81 bits per heavy atom. The molecular formula is C25H38N2O4. The van der Waals surface area contributed by atoms with Crippen LogP contribution in [0.5, 0.6) is 5.75 Å². The minimum Gasteiger partial charge on any atom is -0.487 e. The number of carbonyl (C=O) groups excluding carboxylic acids is 2. The summed E-state index contributed by atoms with van der Waals surface area (Å²) >= 11 is 0. The van der Waals surface area contributed by atoms with E-state index in [1.807, 2.05) is 36.1 Å². The Bertz CT molecular complexity index is 723. The van der Waals surface area contributed by atoms with Gasteiger partial charge >= 0.3 is 0 Å². The van der Waals surface area contributed by atoms with Crippen molar-refractivity contribution in [3.8, 4) is 5.75 Å². The van der Waals surface area contributed by atoms with Gasteiger partial charge in [-0.15, -0.1) is 0 Å².